The standard InChI is InChI=1S/C17H24ClN3/c1-12-4-3-5-14(10-12)11-21-16(8-9-18)20-15-7-6-13(2)19-17(15)21/h6-7,12,14H,3-5,8-11H2,1-2H3. The maximum Gasteiger partial charge on any atom is 0.160 e. The summed E-state index contributed by atoms with van der Waals surface area (Å²) < 4.78 is 2.33. The number of aryl methyl sites for hydroxylation is 2. The van der Waals surface area contributed by atoms with Crippen molar-refractivity contribution in [3.63, 3.8) is 0 Å². The second-order valence-electron chi connectivity index (χ2n) is 6.51. The number of fused-ring (bicyclic) bond motifs is 1. The van der Waals surface area contributed by atoms with Crippen LogP contribution in [0.4, 0.5) is 0 Å². The molecule has 1 aliphatic carbocycles. The molecule has 0 amide bonds. The molecule has 0 aliphatic heterocycles. The van der Waals surface area contributed by atoms with Crippen molar-refractivity contribution in [2.45, 2.75) is 52.5 Å². The van der Waals surface area contributed by atoms with Crippen molar-refractivity contribution in [3.8, 4) is 0 Å². The van der Waals surface area contributed by atoms with E-state index >= 15 is 0 Å². The van der Waals surface area contributed by atoms with Gasteiger partial charge >= 0.3 is 0 Å². The van der Waals surface area contributed by atoms with Gasteiger partial charge in [-0.15, -0.1) is 11.6 Å². The molecule has 0 saturated heterocycles. The smallest absolute Gasteiger partial charge is 0.160 e. The first-order valence-electron chi connectivity index (χ1n) is 8.06. The SMILES string of the molecule is Cc1ccc2nc(CCCl)n(CC3CCCC(C)C3)c2n1. The largest absolute Gasteiger partial charge is 0.312 e. The van der Waals surface area contributed by atoms with Crippen LogP contribution < -0.4 is 0 Å². The van der Waals surface area contributed by atoms with Gasteiger partial charge in [0.05, 0.1) is 0 Å². The zero-order valence-electron chi connectivity index (χ0n) is 13.0. The lowest BCUT2D eigenvalue weighted by Crippen LogP contribution is -2.20. The highest BCUT2D eigenvalue weighted by atomic mass is 35.5. The number of aromatic nitrogens is 3. The predicted molar refractivity (Wildman–Crippen MR) is 87.8 cm³/mol. The lowest BCUT2D eigenvalue weighted by molar-refractivity contribution is 0.257. The topological polar surface area (TPSA) is 30.7 Å². The number of halogens is 1. The molecule has 114 valence electrons. The van der Waals surface area contributed by atoms with Crippen LogP contribution in [-0.2, 0) is 13.0 Å². The van der Waals surface area contributed by atoms with Crippen molar-refractivity contribution in [1.82, 2.24) is 14.5 Å². The number of nitrogens with zero attached hydrogens (tertiary/aromatic N) is 3. The summed E-state index contributed by atoms with van der Waals surface area (Å²) in [6.07, 6.45) is 6.21. The van der Waals surface area contributed by atoms with Crippen LogP contribution in [0.25, 0.3) is 11.2 Å². The molecule has 1 fully saturated rings. The number of rotatable bonds is 4. The first-order chi connectivity index (χ1) is 10.2. The summed E-state index contributed by atoms with van der Waals surface area (Å²) in [7, 11) is 0. The minimum Gasteiger partial charge on any atom is -0.312 e. The molecule has 2 atom stereocenters. The van der Waals surface area contributed by atoms with Crippen molar-refractivity contribution in [2.24, 2.45) is 11.8 Å². The van der Waals surface area contributed by atoms with Gasteiger partial charge in [0, 0.05) is 24.5 Å². The molecule has 21 heavy (non-hydrogen) atoms. The average Bonchev–Trinajstić information content (AvgIpc) is 2.77. The Morgan fingerprint density at radius 3 is 2.90 bits per heavy atom. The van der Waals surface area contributed by atoms with Gasteiger partial charge in [0.2, 0.25) is 0 Å². The molecule has 1 saturated carbocycles. The Kier molecular flexibility index (Phi) is 4.48. The second kappa shape index (κ2) is 6.35. The van der Waals surface area contributed by atoms with Crippen molar-refractivity contribution in [1.29, 1.82) is 0 Å². The first-order valence-corrected chi connectivity index (χ1v) is 8.59. The molecule has 2 unspecified atom stereocenters. The molecule has 0 bridgehead atoms. The van der Waals surface area contributed by atoms with E-state index in [-0.39, 0.29) is 0 Å². The van der Waals surface area contributed by atoms with Gasteiger partial charge in [-0.2, -0.15) is 0 Å². The fraction of sp³-hybridized carbons (Fsp3) is 0.647. The molecule has 1 aliphatic rings. The third-order valence-corrected chi connectivity index (χ3v) is 4.80. The van der Waals surface area contributed by atoms with Gasteiger partial charge in [-0.1, -0.05) is 19.8 Å². The van der Waals surface area contributed by atoms with Crippen molar-refractivity contribution in [2.75, 3.05) is 5.88 Å². The molecule has 0 radical (unpaired) electrons. The van der Waals surface area contributed by atoms with E-state index in [2.05, 4.69) is 17.6 Å². The summed E-state index contributed by atoms with van der Waals surface area (Å²) in [5.74, 6) is 3.31. The fourth-order valence-electron chi connectivity index (χ4n) is 3.59. The van der Waals surface area contributed by atoms with Crippen molar-refractivity contribution >= 4 is 22.8 Å². The zero-order chi connectivity index (χ0) is 14.8. The van der Waals surface area contributed by atoms with E-state index in [1.54, 1.807) is 0 Å². The molecular weight excluding hydrogens is 282 g/mol. The number of imidazole rings is 1. The molecule has 4 heteroatoms. The van der Waals surface area contributed by atoms with E-state index in [0.29, 0.717) is 5.88 Å². The Bertz CT molecular complexity index is 620. The minimum absolute atomic E-state index is 0.614. The van der Waals surface area contributed by atoms with Crippen LogP contribution in [0.3, 0.4) is 0 Å². The van der Waals surface area contributed by atoms with Crippen LogP contribution in [0.2, 0.25) is 0 Å². The maximum atomic E-state index is 5.96. The van der Waals surface area contributed by atoms with Crippen LogP contribution >= 0.6 is 11.6 Å². The highest BCUT2D eigenvalue weighted by molar-refractivity contribution is 6.17. The normalized spacial score (nSPS) is 22.8. The molecular formula is C17H24ClN3. The van der Waals surface area contributed by atoms with Crippen LogP contribution in [0.15, 0.2) is 12.1 Å². The summed E-state index contributed by atoms with van der Waals surface area (Å²) in [6, 6.07) is 4.11. The highest BCUT2D eigenvalue weighted by Crippen LogP contribution is 2.31. The molecule has 3 rings (SSSR count). The molecule has 0 aromatic carbocycles. The summed E-state index contributed by atoms with van der Waals surface area (Å²) >= 11 is 5.96. The van der Waals surface area contributed by atoms with Crippen molar-refractivity contribution < 1.29 is 0 Å². The molecule has 2 aromatic rings. The highest BCUT2D eigenvalue weighted by Gasteiger charge is 2.22. The Balaban J connectivity index is 1.94. The molecule has 3 nitrogen and oxygen atoms in total. The first kappa shape index (κ1) is 14.8. The Morgan fingerprint density at radius 1 is 1.29 bits per heavy atom. The van der Waals surface area contributed by atoms with Gasteiger partial charge in [0.25, 0.3) is 0 Å². The van der Waals surface area contributed by atoms with E-state index in [0.717, 1.165) is 47.5 Å². The number of pyridine rings is 1. The summed E-state index contributed by atoms with van der Waals surface area (Å²) in [5.41, 5.74) is 3.09. The van der Waals surface area contributed by atoms with Crippen LogP contribution in [-0.4, -0.2) is 20.4 Å². The third-order valence-electron chi connectivity index (χ3n) is 4.61. The van der Waals surface area contributed by atoms with Crippen molar-refractivity contribution in [3.05, 3.63) is 23.7 Å². The Hall–Kier alpha value is -1.09. The van der Waals surface area contributed by atoms with Gasteiger partial charge in [0.1, 0.15) is 11.3 Å². The van der Waals surface area contributed by atoms with Gasteiger partial charge in [-0.3, -0.25) is 0 Å². The average molecular weight is 306 g/mol. The van der Waals surface area contributed by atoms with Gasteiger partial charge < -0.3 is 4.57 Å². The van der Waals surface area contributed by atoms with E-state index < -0.39 is 0 Å². The monoisotopic (exact) mass is 305 g/mol. The molecule has 0 N–H and O–H groups in total. The molecule has 0 spiro atoms. The van der Waals surface area contributed by atoms with Gasteiger partial charge in [-0.05, 0) is 43.7 Å². The summed E-state index contributed by atoms with van der Waals surface area (Å²) in [4.78, 5) is 9.46. The minimum atomic E-state index is 0.614. The molecule has 2 heterocycles. The number of hydrogen-bond donors (Lipinski definition) is 0. The summed E-state index contributed by atoms with van der Waals surface area (Å²) in [6.45, 7) is 5.46. The van der Waals surface area contributed by atoms with Crippen LogP contribution in [0, 0.1) is 18.8 Å². The summed E-state index contributed by atoms with van der Waals surface area (Å²) in [5, 5.41) is 0. The zero-order valence-corrected chi connectivity index (χ0v) is 13.7. The quantitative estimate of drug-likeness (QED) is 0.786. The second-order valence-corrected chi connectivity index (χ2v) is 6.89. The lowest BCUT2D eigenvalue weighted by Gasteiger charge is -2.27. The fourth-order valence-corrected chi connectivity index (χ4v) is 3.76. The van der Waals surface area contributed by atoms with E-state index in [4.69, 9.17) is 21.6 Å². The predicted octanol–water partition coefficient (Wildman–Crippen LogP) is 4.35. The number of alkyl halides is 1. The molecule has 2 aromatic heterocycles. The van der Waals surface area contributed by atoms with Crippen LogP contribution in [0.1, 0.15) is 44.1 Å². The lowest BCUT2D eigenvalue weighted by atomic mass is 9.82. The Morgan fingerprint density at radius 2 is 2.14 bits per heavy atom. The van der Waals surface area contributed by atoms with Gasteiger partial charge in [-0.25, -0.2) is 9.97 Å². The maximum absolute atomic E-state index is 5.96. The van der Waals surface area contributed by atoms with E-state index in [1.165, 1.54) is 25.7 Å². The number of hydrogen-bond acceptors (Lipinski definition) is 2. The third kappa shape index (κ3) is 3.23. The van der Waals surface area contributed by atoms with E-state index in [9.17, 15) is 0 Å². The van der Waals surface area contributed by atoms with Crippen LogP contribution in [0.5, 0.6) is 0 Å². The Labute approximate surface area is 131 Å². The van der Waals surface area contributed by atoms with Gasteiger partial charge in [0.15, 0.2) is 5.65 Å². The van der Waals surface area contributed by atoms with E-state index in [1.807, 2.05) is 13.0 Å².